The number of aliphatic carboxylic acids is 2. The number of rotatable bonds is 12. The Morgan fingerprint density at radius 2 is 1.09 bits per heavy atom. The van der Waals surface area contributed by atoms with Gasteiger partial charge in [0.2, 0.25) is 11.5 Å². The maximum absolute atomic E-state index is 10.6. The molecule has 0 fully saturated rings. The summed E-state index contributed by atoms with van der Waals surface area (Å²) in [5.74, 6) is 1.46. The fourth-order valence-corrected chi connectivity index (χ4v) is 3.13. The third-order valence-electron chi connectivity index (χ3n) is 4.75. The molecule has 0 atom stereocenters. The molecule has 2 aromatic rings. The van der Waals surface area contributed by atoms with Gasteiger partial charge in [-0.15, -0.1) is 0 Å². The van der Waals surface area contributed by atoms with Gasteiger partial charge in [-0.05, 0) is 42.2 Å². The highest BCUT2D eigenvalue weighted by Crippen LogP contribution is 2.40. The first kappa shape index (κ1) is 28.2. The van der Waals surface area contributed by atoms with E-state index in [9.17, 15) is 9.59 Å². The molecular formula is C24H32O10. The third-order valence-corrected chi connectivity index (χ3v) is 4.75. The van der Waals surface area contributed by atoms with Gasteiger partial charge in [0.05, 0.1) is 42.7 Å². The molecule has 2 rings (SSSR count). The molecule has 10 nitrogen and oxygen atoms in total. The fraction of sp³-hybridized carbons (Fsp3) is 0.417. The highest BCUT2D eigenvalue weighted by Gasteiger charge is 2.16. The number of hydrogen-bond donors (Lipinski definition) is 2. The van der Waals surface area contributed by atoms with Crippen LogP contribution < -0.4 is 28.4 Å². The van der Waals surface area contributed by atoms with Crippen LogP contribution in [0.1, 0.15) is 24.0 Å². The summed E-state index contributed by atoms with van der Waals surface area (Å²) >= 11 is 0. The van der Waals surface area contributed by atoms with Gasteiger partial charge in [0.15, 0.2) is 23.0 Å². The van der Waals surface area contributed by atoms with E-state index in [1.165, 1.54) is 42.7 Å². The molecule has 0 aromatic heterocycles. The Kier molecular flexibility index (Phi) is 11.9. The summed E-state index contributed by atoms with van der Waals surface area (Å²) in [4.78, 5) is 21.1. The first-order chi connectivity index (χ1) is 16.3. The summed E-state index contributed by atoms with van der Waals surface area (Å²) in [5.41, 5.74) is 1.62. The molecule has 34 heavy (non-hydrogen) atoms. The van der Waals surface area contributed by atoms with E-state index in [2.05, 4.69) is 0 Å². The van der Waals surface area contributed by atoms with Crippen LogP contribution in [-0.4, -0.2) is 64.8 Å². The van der Waals surface area contributed by atoms with E-state index in [4.69, 9.17) is 38.6 Å². The SMILES string of the molecule is COc1cc(CCC(=O)O)cc(OC)c1OC.COc1ccc(CCC(=O)O)c(OC)c1OC. The zero-order valence-electron chi connectivity index (χ0n) is 20.3. The highest BCUT2D eigenvalue weighted by atomic mass is 16.5. The number of carbonyl (C=O) groups is 2. The normalized spacial score (nSPS) is 9.82. The van der Waals surface area contributed by atoms with E-state index in [-0.39, 0.29) is 12.8 Å². The van der Waals surface area contributed by atoms with E-state index < -0.39 is 11.9 Å². The van der Waals surface area contributed by atoms with Gasteiger partial charge >= 0.3 is 11.9 Å². The molecule has 0 saturated heterocycles. The summed E-state index contributed by atoms with van der Waals surface area (Å²) in [5, 5.41) is 17.3. The Hall–Kier alpha value is -3.82. The van der Waals surface area contributed by atoms with Gasteiger partial charge in [-0.1, -0.05) is 6.07 Å². The zero-order chi connectivity index (χ0) is 25.7. The molecule has 0 aliphatic carbocycles. The van der Waals surface area contributed by atoms with Gasteiger partial charge < -0.3 is 38.6 Å². The predicted molar refractivity (Wildman–Crippen MR) is 124 cm³/mol. The molecule has 2 N–H and O–H groups in total. The smallest absolute Gasteiger partial charge is 0.303 e. The van der Waals surface area contributed by atoms with Crippen LogP contribution in [0.3, 0.4) is 0 Å². The number of aryl methyl sites for hydroxylation is 2. The quantitative estimate of drug-likeness (QED) is 0.466. The number of benzene rings is 2. The summed E-state index contributed by atoms with van der Waals surface area (Å²) < 4.78 is 31.1. The van der Waals surface area contributed by atoms with Gasteiger partial charge in [0.1, 0.15) is 0 Å². The predicted octanol–water partition coefficient (Wildman–Crippen LogP) is 3.46. The number of methoxy groups -OCH3 is 6. The van der Waals surface area contributed by atoms with Crippen LogP contribution in [-0.2, 0) is 22.4 Å². The van der Waals surface area contributed by atoms with Crippen molar-refractivity contribution in [1.29, 1.82) is 0 Å². The fourth-order valence-electron chi connectivity index (χ4n) is 3.13. The molecule has 0 heterocycles. The topological polar surface area (TPSA) is 130 Å². The Labute approximate surface area is 198 Å². The van der Waals surface area contributed by atoms with E-state index in [0.29, 0.717) is 47.3 Å². The lowest BCUT2D eigenvalue weighted by Crippen LogP contribution is -2.02. The minimum absolute atomic E-state index is 0.0475. The number of ether oxygens (including phenoxy) is 6. The maximum Gasteiger partial charge on any atom is 0.303 e. The van der Waals surface area contributed by atoms with Gasteiger partial charge in [0, 0.05) is 12.8 Å². The van der Waals surface area contributed by atoms with Crippen LogP contribution in [0.5, 0.6) is 34.5 Å². The van der Waals surface area contributed by atoms with Crippen molar-refractivity contribution in [3.63, 3.8) is 0 Å². The summed E-state index contributed by atoms with van der Waals surface area (Å²) in [6, 6.07) is 7.02. The summed E-state index contributed by atoms with van der Waals surface area (Å²) in [6.07, 6.45) is 0.926. The average molecular weight is 481 g/mol. The van der Waals surface area contributed by atoms with Crippen LogP contribution >= 0.6 is 0 Å². The molecule has 2 aromatic carbocycles. The van der Waals surface area contributed by atoms with Crippen LogP contribution in [0.25, 0.3) is 0 Å². The zero-order valence-corrected chi connectivity index (χ0v) is 20.3. The summed E-state index contributed by atoms with van der Waals surface area (Å²) in [6.45, 7) is 0. The van der Waals surface area contributed by atoms with Crippen molar-refractivity contribution in [2.75, 3.05) is 42.7 Å². The van der Waals surface area contributed by atoms with Gasteiger partial charge in [-0.3, -0.25) is 9.59 Å². The van der Waals surface area contributed by atoms with Crippen molar-refractivity contribution in [3.8, 4) is 34.5 Å². The molecule has 0 spiro atoms. The molecule has 0 aliphatic heterocycles. The first-order valence-electron chi connectivity index (χ1n) is 10.3. The van der Waals surface area contributed by atoms with Crippen molar-refractivity contribution >= 4 is 11.9 Å². The Balaban J connectivity index is 0.000000340. The summed E-state index contributed by atoms with van der Waals surface area (Å²) in [7, 11) is 9.14. The number of carboxylic acid groups (broad SMARTS) is 2. The second-order valence-electron chi connectivity index (χ2n) is 6.81. The van der Waals surface area contributed by atoms with Crippen molar-refractivity contribution in [2.24, 2.45) is 0 Å². The van der Waals surface area contributed by atoms with E-state index in [1.54, 1.807) is 24.3 Å². The standard InChI is InChI=1S/2C12H16O5/c1-15-9-6-4-8(5-7-10(13)14)11(16-2)12(9)17-3;1-15-9-6-8(4-5-11(13)14)7-10(16-2)12(9)17-3/h4,6H,5,7H2,1-3H3,(H,13,14);6-7H,4-5H2,1-3H3,(H,13,14). The molecule has 0 radical (unpaired) electrons. The van der Waals surface area contributed by atoms with Crippen LogP contribution in [0, 0.1) is 0 Å². The van der Waals surface area contributed by atoms with E-state index in [1.807, 2.05) is 0 Å². The Bertz CT molecular complexity index is 930. The largest absolute Gasteiger partial charge is 0.493 e. The van der Waals surface area contributed by atoms with Crippen molar-refractivity contribution in [3.05, 3.63) is 35.4 Å². The molecule has 0 saturated carbocycles. The lowest BCUT2D eigenvalue weighted by Gasteiger charge is -2.15. The highest BCUT2D eigenvalue weighted by molar-refractivity contribution is 5.68. The van der Waals surface area contributed by atoms with Crippen molar-refractivity contribution < 1.29 is 48.2 Å². The molecular weight excluding hydrogens is 448 g/mol. The monoisotopic (exact) mass is 480 g/mol. The molecule has 0 bridgehead atoms. The molecule has 0 amide bonds. The van der Waals surface area contributed by atoms with Crippen LogP contribution in [0.2, 0.25) is 0 Å². The minimum Gasteiger partial charge on any atom is -0.493 e. The second-order valence-corrected chi connectivity index (χ2v) is 6.81. The van der Waals surface area contributed by atoms with Crippen LogP contribution in [0.15, 0.2) is 24.3 Å². The number of hydrogen-bond acceptors (Lipinski definition) is 8. The third kappa shape index (κ3) is 7.95. The molecule has 188 valence electrons. The lowest BCUT2D eigenvalue weighted by atomic mass is 10.1. The van der Waals surface area contributed by atoms with Crippen molar-refractivity contribution in [1.82, 2.24) is 0 Å². The minimum atomic E-state index is -0.846. The van der Waals surface area contributed by atoms with E-state index in [0.717, 1.165) is 11.1 Å². The Morgan fingerprint density at radius 3 is 1.50 bits per heavy atom. The first-order valence-corrected chi connectivity index (χ1v) is 10.3. The molecule has 0 aliphatic rings. The van der Waals surface area contributed by atoms with Gasteiger partial charge in [-0.25, -0.2) is 0 Å². The molecule has 10 heteroatoms. The van der Waals surface area contributed by atoms with E-state index >= 15 is 0 Å². The maximum atomic E-state index is 10.6. The van der Waals surface area contributed by atoms with Crippen molar-refractivity contribution in [2.45, 2.75) is 25.7 Å². The lowest BCUT2D eigenvalue weighted by molar-refractivity contribution is -0.138. The van der Waals surface area contributed by atoms with Gasteiger partial charge in [0.25, 0.3) is 0 Å². The second kappa shape index (κ2) is 14.4. The number of carboxylic acids is 2. The van der Waals surface area contributed by atoms with Crippen LogP contribution in [0.4, 0.5) is 0 Å². The average Bonchev–Trinajstić information content (AvgIpc) is 2.84. The Morgan fingerprint density at radius 1 is 0.618 bits per heavy atom. The van der Waals surface area contributed by atoms with Gasteiger partial charge in [-0.2, -0.15) is 0 Å². The molecule has 0 unspecified atom stereocenters.